The lowest BCUT2D eigenvalue weighted by Gasteiger charge is -2.36. The molecule has 0 radical (unpaired) electrons. The third kappa shape index (κ3) is 6.68. The first-order valence-electron chi connectivity index (χ1n) is 11.2. The molecule has 1 aliphatic rings. The monoisotopic (exact) mass is 519 g/mol. The molecule has 4 rings (SSSR count). The second kappa shape index (κ2) is 11.0. The third-order valence-corrected chi connectivity index (χ3v) is 7.07. The van der Waals surface area contributed by atoms with Crippen molar-refractivity contribution in [2.24, 2.45) is 0 Å². The Bertz CT molecular complexity index is 1230. The van der Waals surface area contributed by atoms with E-state index in [0.717, 1.165) is 19.3 Å². The summed E-state index contributed by atoms with van der Waals surface area (Å²) in [6.07, 6.45) is 3.08. The van der Waals surface area contributed by atoms with E-state index < -0.39 is 21.8 Å². The molecule has 1 aliphatic carbocycles. The molecule has 2 aromatic carbocycles. The van der Waals surface area contributed by atoms with Gasteiger partial charge in [-0.1, -0.05) is 49.1 Å². The number of aromatic nitrogens is 4. The first-order chi connectivity index (χ1) is 16.9. The van der Waals surface area contributed by atoms with Gasteiger partial charge in [-0.25, -0.2) is 9.48 Å². The first-order valence-corrected chi connectivity index (χ1v) is 13.0. The maximum absolute atomic E-state index is 13.0. The van der Waals surface area contributed by atoms with Crippen LogP contribution >= 0.6 is 11.6 Å². The summed E-state index contributed by atoms with van der Waals surface area (Å²) in [4.78, 5) is 12.1. The Hall–Kier alpha value is -3.22. The number of carbonyl (C=O) groups excluding carboxylic acids is 1. The highest BCUT2D eigenvalue weighted by atomic mass is 35.5. The van der Waals surface area contributed by atoms with Gasteiger partial charge in [0.15, 0.2) is 5.82 Å². The van der Waals surface area contributed by atoms with Crippen LogP contribution in [-0.2, 0) is 27.0 Å². The Morgan fingerprint density at radius 1 is 1.03 bits per heavy atom. The molecule has 11 nitrogen and oxygen atoms in total. The molecule has 1 fully saturated rings. The molecule has 3 N–H and O–H groups in total. The number of hydrogen-bond acceptors (Lipinski definition) is 7. The van der Waals surface area contributed by atoms with Crippen LogP contribution in [0.4, 0.5) is 16.2 Å². The molecule has 1 saturated carbocycles. The van der Waals surface area contributed by atoms with E-state index in [1.807, 2.05) is 0 Å². The van der Waals surface area contributed by atoms with Crippen molar-refractivity contribution in [1.29, 1.82) is 0 Å². The predicted octanol–water partition coefficient (Wildman–Crippen LogP) is 3.68. The number of nitrogens with zero attached hydrogens (tertiary/aromatic N) is 4. The topological polar surface area (TPSA) is 140 Å². The number of carbonyl (C=O) groups is 1. The van der Waals surface area contributed by atoms with Crippen molar-refractivity contribution in [3.63, 3.8) is 0 Å². The Balaban J connectivity index is 1.43. The van der Waals surface area contributed by atoms with Crippen LogP contribution in [-0.4, -0.2) is 41.3 Å². The average Bonchev–Trinajstić information content (AvgIpc) is 3.31. The van der Waals surface area contributed by atoms with Crippen LogP contribution in [0.15, 0.2) is 54.6 Å². The summed E-state index contributed by atoms with van der Waals surface area (Å²) in [6.45, 7) is 0.147. The molecule has 1 amide bonds. The Labute approximate surface area is 208 Å². The van der Waals surface area contributed by atoms with Crippen molar-refractivity contribution in [2.45, 2.75) is 44.2 Å². The van der Waals surface area contributed by atoms with E-state index >= 15 is 0 Å². The zero-order chi connectivity index (χ0) is 24.7. The lowest BCUT2D eigenvalue weighted by atomic mass is 9.82. The summed E-state index contributed by atoms with van der Waals surface area (Å²) >= 11 is 5.85. The molecule has 35 heavy (non-hydrogen) atoms. The molecular formula is C22H26ClN7O4S. The Morgan fingerprint density at radius 3 is 2.46 bits per heavy atom. The van der Waals surface area contributed by atoms with Gasteiger partial charge in [0.25, 0.3) is 10.2 Å². The molecule has 0 bridgehead atoms. The minimum absolute atomic E-state index is 0.0114. The van der Waals surface area contributed by atoms with E-state index in [4.69, 9.17) is 16.3 Å². The molecular weight excluding hydrogens is 494 g/mol. The van der Waals surface area contributed by atoms with Gasteiger partial charge in [0, 0.05) is 16.4 Å². The molecule has 0 spiro atoms. The zero-order valence-corrected chi connectivity index (χ0v) is 20.4. The van der Waals surface area contributed by atoms with Crippen LogP contribution in [0.1, 0.15) is 37.9 Å². The fourth-order valence-corrected chi connectivity index (χ4v) is 5.51. The number of ether oxygens (including phenoxy) is 1. The van der Waals surface area contributed by atoms with Gasteiger partial charge in [-0.05, 0) is 59.7 Å². The van der Waals surface area contributed by atoms with Gasteiger partial charge in [0.2, 0.25) is 0 Å². The average molecular weight is 520 g/mol. The Morgan fingerprint density at radius 2 is 1.74 bits per heavy atom. The summed E-state index contributed by atoms with van der Waals surface area (Å²) < 4.78 is 38.1. The second-order valence-corrected chi connectivity index (χ2v) is 10.1. The maximum atomic E-state index is 13.0. The molecule has 0 saturated heterocycles. The summed E-state index contributed by atoms with van der Waals surface area (Å²) in [6, 6.07) is 15.3. The third-order valence-electron chi connectivity index (χ3n) is 5.65. The summed E-state index contributed by atoms with van der Waals surface area (Å²) in [7, 11) is -3.92. The number of benzene rings is 2. The molecule has 3 aromatic rings. The smallest absolute Gasteiger partial charge is 0.411 e. The van der Waals surface area contributed by atoms with Crippen molar-refractivity contribution in [3.8, 4) is 0 Å². The number of rotatable bonds is 9. The molecule has 1 aromatic heterocycles. The van der Waals surface area contributed by atoms with Crippen molar-refractivity contribution in [3.05, 3.63) is 65.4 Å². The normalized spacial score (nSPS) is 15.3. The molecule has 13 heteroatoms. The molecule has 1 heterocycles. The van der Waals surface area contributed by atoms with Gasteiger partial charge in [-0.3, -0.25) is 10.0 Å². The van der Waals surface area contributed by atoms with Gasteiger partial charge in [-0.2, -0.15) is 13.1 Å². The quantitative estimate of drug-likeness (QED) is 0.391. The standard InChI is InChI=1S/C22H26ClN7O4S/c23-17-9-11-18(12-10-17)24-21(31)34-16-15-30-20(25-28-29-30)22(13-5-2-6-14-22)27-35(32,33)26-19-7-3-1-4-8-19/h1,3-4,7-12,26-27H,2,5-6,13-16H2,(H,24,31). The van der Waals surface area contributed by atoms with Gasteiger partial charge < -0.3 is 4.74 Å². The van der Waals surface area contributed by atoms with Gasteiger partial charge >= 0.3 is 6.09 Å². The maximum Gasteiger partial charge on any atom is 0.411 e. The van der Waals surface area contributed by atoms with E-state index in [9.17, 15) is 13.2 Å². The van der Waals surface area contributed by atoms with E-state index in [1.165, 1.54) is 4.68 Å². The fraction of sp³-hybridized carbons (Fsp3) is 0.364. The van der Waals surface area contributed by atoms with E-state index in [2.05, 4.69) is 30.3 Å². The van der Waals surface area contributed by atoms with Gasteiger partial charge in [0.1, 0.15) is 6.61 Å². The number of amides is 1. The lowest BCUT2D eigenvalue weighted by molar-refractivity contribution is 0.152. The van der Waals surface area contributed by atoms with Crippen LogP contribution in [0, 0.1) is 0 Å². The highest BCUT2D eigenvalue weighted by molar-refractivity contribution is 7.90. The molecule has 186 valence electrons. The molecule has 0 aliphatic heterocycles. The van der Waals surface area contributed by atoms with Crippen LogP contribution in [0.25, 0.3) is 0 Å². The highest BCUT2D eigenvalue weighted by Crippen LogP contribution is 2.36. The first kappa shape index (κ1) is 24.9. The van der Waals surface area contributed by atoms with Crippen LogP contribution < -0.4 is 14.8 Å². The van der Waals surface area contributed by atoms with E-state index in [0.29, 0.717) is 35.1 Å². The van der Waals surface area contributed by atoms with Gasteiger partial charge in [0.05, 0.1) is 12.1 Å². The fourth-order valence-electron chi connectivity index (χ4n) is 4.08. The van der Waals surface area contributed by atoms with Crippen LogP contribution in [0.5, 0.6) is 0 Å². The molecule has 0 atom stereocenters. The number of tetrazole rings is 1. The number of anilines is 2. The zero-order valence-electron chi connectivity index (χ0n) is 18.9. The van der Waals surface area contributed by atoms with E-state index in [-0.39, 0.29) is 13.2 Å². The van der Waals surface area contributed by atoms with Crippen molar-refractivity contribution < 1.29 is 17.9 Å². The summed E-state index contributed by atoms with van der Waals surface area (Å²) in [5.41, 5.74) is 0.0168. The lowest BCUT2D eigenvalue weighted by Crippen LogP contribution is -2.50. The Kier molecular flexibility index (Phi) is 7.83. The number of halogens is 1. The van der Waals surface area contributed by atoms with Gasteiger partial charge in [-0.15, -0.1) is 5.10 Å². The van der Waals surface area contributed by atoms with Crippen molar-refractivity contribution >= 4 is 39.3 Å². The summed E-state index contributed by atoms with van der Waals surface area (Å²) in [5.74, 6) is 0.386. The SMILES string of the molecule is O=C(Nc1ccc(Cl)cc1)OCCn1nnnc1C1(NS(=O)(=O)Nc2ccccc2)CCCCC1. The van der Waals surface area contributed by atoms with Crippen LogP contribution in [0.3, 0.4) is 0 Å². The van der Waals surface area contributed by atoms with Crippen LogP contribution in [0.2, 0.25) is 5.02 Å². The summed E-state index contributed by atoms with van der Waals surface area (Å²) in [5, 5.41) is 15.1. The minimum atomic E-state index is -3.92. The highest BCUT2D eigenvalue weighted by Gasteiger charge is 2.42. The predicted molar refractivity (Wildman–Crippen MR) is 131 cm³/mol. The number of nitrogens with one attached hydrogen (secondary N) is 3. The number of para-hydroxylation sites is 1. The van der Waals surface area contributed by atoms with Crippen molar-refractivity contribution in [1.82, 2.24) is 24.9 Å². The largest absolute Gasteiger partial charge is 0.447 e. The minimum Gasteiger partial charge on any atom is -0.447 e. The van der Waals surface area contributed by atoms with E-state index in [1.54, 1.807) is 54.6 Å². The number of hydrogen-bond donors (Lipinski definition) is 3. The van der Waals surface area contributed by atoms with Crippen molar-refractivity contribution in [2.75, 3.05) is 16.6 Å². The molecule has 0 unspecified atom stereocenters. The second-order valence-electron chi connectivity index (χ2n) is 8.21.